The van der Waals surface area contributed by atoms with Gasteiger partial charge < -0.3 is 10.1 Å². The minimum atomic E-state index is -3.48. The fourth-order valence-corrected chi connectivity index (χ4v) is 3.71. The molecular weight excluding hydrogens is 359 g/mol. The van der Waals surface area contributed by atoms with Crippen LogP contribution >= 0.6 is 0 Å². The molecule has 1 amide bonds. The van der Waals surface area contributed by atoms with Crippen LogP contribution < -0.4 is 14.4 Å². The Bertz CT molecular complexity index is 900. The van der Waals surface area contributed by atoms with Gasteiger partial charge in [0.1, 0.15) is 11.6 Å². The summed E-state index contributed by atoms with van der Waals surface area (Å²) in [6.45, 7) is 0.376. The fraction of sp³-hybridized carbons (Fsp3) is 0.278. The first-order valence-corrected chi connectivity index (χ1v) is 9.95. The molecule has 138 valence electrons. The maximum Gasteiger partial charge on any atom is 0.261 e. The van der Waals surface area contributed by atoms with Gasteiger partial charge >= 0.3 is 0 Å². The number of carbonyl (C=O) groups is 1. The van der Waals surface area contributed by atoms with Crippen molar-refractivity contribution in [2.75, 3.05) is 17.1 Å². The smallest absolute Gasteiger partial charge is 0.261 e. The summed E-state index contributed by atoms with van der Waals surface area (Å²) in [5.41, 5.74) is 1.18. The second-order valence-corrected chi connectivity index (χ2v) is 7.95. The van der Waals surface area contributed by atoms with Gasteiger partial charge in [0.05, 0.1) is 11.9 Å². The first-order valence-electron chi connectivity index (χ1n) is 8.10. The fourth-order valence-electron chi connectivity index (χ4n) is 2.76. The normalized spacial score (nSPS) is 17.0. The monoisotopic (exact) mass is 378 g/mol. The topological polar surface area (TPSA) is 75.7 Å². The van der Waals surface area contributed by atoms with Crippen LogP contribution in [0.25, 0.3) is 0 Å². The highest BCUT2D eigenvalue weighted by atomic mass is 32.2. The van der Waals surface area contributed by atoms with E-state index in [1.807, 2.05) is 0 Å². The number of anilines is 1. The number of amides is 1. The number of para-hydroxylation sites is 2. The van der Waals surface area contributed by atoms with Gasteiger partial charge in [0.25, 0.3) is 5.91 Å². The molecule has 8 heteroatoms. The van der Waals surface area contributed by atoms with Crippen LogP contribution in [-0.4, -0.2) is 33.2 Å². The Morgan fingerprint density at radius 3 is 2.62 bits per heavy atom. The first kappa shape index (κ1) is 18.2. The number of sulfonamides is 1. The summed E-state index contributed by atoms with van der Waals surface area (Å²) in [6.07, 6.45) is 0.527. The van der Waals surface area contributed by atoms with Crippen molar-refractivity contribution in [3.05, 3.63) is 59.9 Å². The van der Waals surface area contributed by atoms with Gasteiger partial charge in [0, 0.05) is 19.5 Å². The molecule has 6 nitrogen and oxygen atoms in total. The van der Waals surface area contributed by atoms with E-state index in [0.29, 0.717) is 11.4 Å². The molecule has 0 aliphatic carbocycles. The second kappa shape index (κ2) is 7.33. The lowest BCUT2D eigenvalue weighted by Crippen LogP contribution is -2.39. The molecule has 1 atom stereocenters. The largest absolute Gasteiger partial charge is 0.478 e. The Morgan fingerprint density at radius 1 is 1.23 bits per heavy atom. The van der Waals surface area contributed by atoms with Crippen LogP contribution in [0.15, 0.2) is 48.5 Å². The molecule has 0 bridgehead atoms. The third-order valence-corrected chi connectivity index (χ3v) is 5.25. The molecule has 1 N–H and O–H groups in total. The van der Waals surface area contributed by atoms with Crippen molar-refractivity contribution in [2.24, 2.45) is 0 Å². The first-order chi connectivity index (χ1) is 12.3. The summed E-state index contributed by atoms with van der Waals surface area (Å²) in [7, 11) is -3.48. The van der Waals surface area contributed by atoms with E-state index in [1.165, 1.54) is 16.4 Å². The third kappa shape index (κ3) is 4.13. The van der Waals surface area contributed by atoms with Crippen molar-refractivity contribution in [1.82, 2.24) is 5.32 Å². The number of nitrogens with one attached hydrogen (secondary N) is 1. The maximum atomic E-state index is 12.9. The van der Waals surface area contributed by atoms with Crippen LogP contribution in [0.3, 0.4) is 0 Å². The average molecular weight is 378 g/mol. The third-order valence-electron chi connectivity index (χ3n) is 4.07. The molecule has 0 saturated heterocycles. The zero-order chi connectivity index (χ0) is 18.7. The standard InChI is InChI=1S/C18H19FN2O4S/c1-26(23,24)21-11-10-17(25-16-5-3-2-4-15(16)21)18(22)20-12-13-6-8-14(19)9-7-13/h2-9,17H,10-12H2,1H3,(H,20,22)/t17-/m1/s1. The highest BCUT2D eigenvalue weighted by Gasteiger charge is 2.30. The predicted molar refractivity (Wildman–Crippen MR) is 95.9 cm³/mol. The van der Waals surface area contributed by atoms with Gasteiger partial charge in [-0.05, 0) is 29.8 Å². The molecule has 2 aromatic rings. The predicted octanol–water partition coefficient (Wildman–Crippen LogP) is 2.06. The minimum Gasteiger partial charge on any atom is -0.478 e. The molecular formula is C18H19FN2O4S. The lowest BCUT2D eigenvalue weighted by Gasteiger charge is -2.20. The van der Waals surface area contributed by atoms with E-state index in [4.69, 9.17) is 4.74 Å². The zero-order valence-corrected chi connectivity index (χ0v) is 15.0. The van der Waals surface area contributed by atoms with Gasteiger partial charge in [-0.1, -0.05) is 24.3 Å². The number of hydrogen-bond acceptors (Lipinski definition) is 4. The van der Waals surface area contributed by atoms with Crippen molar-refractivity contribution >= 4 is 21.6 Å². The molecule has 26 heavy (non-hydrogen) atoms. The lowest BCUT2D eigenvalue weighted by atomic mass is 10.2. The lowest BCUT2D eigenvalue weighted by molar-refractivity contribution is -0.128. The highest BCUT2D eigenvalue weighted by Crippen LogP contribution is 2.33. The molecule has 0 fully saturated rings. The molecule has 1 aliphatic rings. The van der Waals surface area contributed by atoms with Gasteiger partial charge in [0.15, 0.2) is 6.10 Å². The van der Waals surface area contributed by atoms with Gasteiger partial charge in [-0.3, -0.25) is 9.10 Å². The van der Waals surface area contributed by atoms with Crippen LogP contribution in [0.1, 0.15) is 12.0 Å². The highest BCUT2D eigenvalue weighted by molar-refractivity contribution is 7.92. The molecule has 0 spiro atoms. The maximum absolute atomic E-state index is 12.9. The number of ether oxygens (including phenoxy) is 1. The quantitative estimate of drug-likeness (QED) is 0.884. The Hall–Kier alpha value is -2.61. The molecule has 3 rings (SSSR count). The van der Waals surface area contributed by atoms with E-state index >= 15 is 0 Å². The van der Waals surface area contributed by atoms with E-state index in [1.54, 1.807) is 36.4 Å². The van der Waals surface area contributed by atoms with Crippen molar-refractivity contribution in [3.8, 4) is 5.75 Å². The summed E-state index contributed by atoms with van der Waals surface area (Å²) in [6, 6.07) is 12.5. The van der Waals surface area contributed by atoms with Gasteiger partial charge in [0.2, 0.25) is 10.0 Å². The van der Waals surface area contributed by atoms with Crippen molar-refractivity contribution in [3.63, 3.8) is 0 Å². The summed E-state index contributed by atoms with van der Waals surface area (Å²) in [5, 5.41) is 2.75. The van der Waals surface area contributed by atoms with Gasteiger partial charge in [-0.25, -0.2) is 12.8 Å². The Morgan fingerprint density at radius 2 is 1.92 bits per heavy atom. The van der Waals surface area contributed by atoms with E-state index < -0.39 is 16.1 Å². The molecule has 1 heterocycles. The number of fused-ring (bicyclic) bond motifs is 1. The molecule has 0 saturated carbocycles. The van der Waals surface area contributed by atoms with E-state index in [0.717, 1.165) is 11.8 Å². The van der Waals surface area contributed by atoms with Crippen LogP contribution in [0.5, 0.6) is 5.75 Å². The molecule has 0 unspecified atom stereocenters. The van der Waals surface area contributed by atoms with Gasteiger partial charge in [-0.2, -0.15) is 0 Å². The van der Waals surface area contributed by atoms with E-state index in [9.17, 15) is 17.6 Å². The molecule has 0 aromatic heterocycles. The summed E-state index contributed by atoms with van der Waals surface area (Å²) >= 11 is 0. The SMILES string of the molecule is CS(=O)(=O)N1CC[C@H](C(=O)NCc2ccc(F)cc2)Oc2ccccc21. The van der Waals surface area contributed by atoms with Crippen LogP contribution in [0, 0.1) is 5.82 Å². The van der Waals surface area contributed by atoms with Gasteiger partial charge in [-0.15, -0.1) is 0 Å². The molecule has 2 aromatic carbocycles. The van der Waals surface area contributed by atoms with Crippen molar-refractivity contribution < 1.29 is 22.3 Å². The number of halogens is 1. The summed E-state index contributed by atoms with van der Waals surface area (Å²) < 4.78 is 44.1. The minimum absolute atomic E-state index is 0.143. The number of nitrogens with zero attached hydrogens (tertiary/aromatic N) is 1. The van der Waals surface area contributed by atoms with E-state index in [2.05, 4.69) is 5.32 Å². The number of benzene rings is 2. The molecule has 0 radical (unpaired) electrons. The Labute approximate surface area is 151 Å². The Balaban J connectivity index is 1.74. The van der Waals surface area contributed by atoms with Crippen LogP contribution in [0.2, 0.25) is 0 Å². The van der Waals surface area contributed by atoms with Crippen molar-refractivity contribution in [1.29, 1.82) is 0 Å². The number of hydrogen-bond donors (Lipinski definition) is 1. The number of carbonyl (C=O) groups excluding carboxylic acids is 1. The number of rotatable bonds is 4. The van der Waals surface area contributed by atoms with Crippen LogP contribution in [0.4, 0.5) is 10.1 Å². The summed E-state index contributed by atoms with van der Waals surface area (Å²) in [4.78, 5) is 12.5. The Kier molecular flexibility index (Phi) is 5.13. The summed E-state index contributed by atoms with van der Waals surface area (Å²) in [5.74, 6) is -0.346. The second-order valence-electron chi connectivity index (χ2n) is 6.04. The van der Waals surface area contributed by atoms with Crippen LogP contribution in [-0.2, 0) is 21.4 Å². The zero-order valence-electron chi connectivity index (χ0n) is 14.2. The molecule has 1 aliphatic heterocycles. The van der Waals surface area contributed by atoms with E-state index in [-0.39, 0.29) is 31.2 Å². The van der Waals surface area contributed by atoms with Crippen molar-refractivity contribution in [2.45, 2.75) is 19.1 Å². The average Bonchev–Trinajstić information content (AvgIpc) is 2.80.